The summed E-state index contributed by atoms with van der Waals surface area (Å²) in [6.07, 6.45) is 0.170. The van der Waals surface area contributed by atoms with Gasteiger partial charge in [0.25, 0.3) is 0 Å². The molecule has 1 N–H and O–H groups in total. The molecule has 5 rings (SSSR count). The Labute approximate surface area is 183 Å². The van der Waals surface area contributed by atoms with E-state index in [4.69, 9.17) is 24.4 Å². The van der Waals surface area contributed by atoms with Crippen molar-refractivity contribution in [1.82, 2.24) is 5.01 Å². The van der Waals surface area contributed by atoms with Gasteiger partial charge in [-0.2, -0.15) is 5.10 Å². The van der Waals surface area contributed by atoms with Crippen LogP contribution >= 0.6 is 11.3 Å². The summed E-state index contributed by atoms with van der Waals surface area (Å²) in [6.45, 7) is -0.482. The van der Waals surface area contributed by atoms with E-state index < -0.39 is 18.8 Å². The Morgan fingerprint density at radius 3 is 2.81 bits per heavy atom. The minimum Gasteiger partial charge on any atom is -0.493 e. The molecule has 0 bridgehead atoms. The molecule has 0 aliphatic carbocycles. The molecular weight excluding hydrogens is 416 g/mol. The first kappa shape index (κ1) is 19.4. The minimum atomic E-state index is -1.07. The van der Waals surface area contributed by atoms with Crippen LogP contribution in [-0.2, 0) is 4.79 Å². The van der Waals surface area contributed by atoms with Crippen LogP contribution in [0.25, 0.3) is 0 Å². The van der Waals surface area contributed by atoms with Crippen molar-refractivity contribution in [3.8, 4) is 17.2 Å². The molecule has 3 heterocycles. The van der Waals surface area contributed by atoms with E-state index >= 15 is 0 Å². The number of carboxylic acid groups (broad SMARTS) is 1. The topological polar surface area (TPSA) is 80.6 Å². The fourth-order valence-corrected chi connectivity index (χ4v) is 4.73. The van der Waals surface area contributed by atoms with Gasteiger partial charge in [0.1, 0.15) is 5.75 Å². The molecule has 0 saturated heterocycles. The lowest BCUT2D eigenvalue weighted by Crippen LogP contribution is -2.34. The predicted molar refractivity (Wildman–Crippen MR) is 116 cm³/mol. The van der Waals surface area contributed by atoms with Gasteiger partial charge in [0, 0.05) is 12.0 Å². The maximum atomic E-state index is 11.2. The lowest BCUT2D eigenvalue weighted by Gasteiger charge is -2.38. The second kappa shape index (κ2) is 7.96. The van der Waals surface area contributed by atoms with Gasteiger partial charge < -0.3 is 19.3 Å². The zero-order chi connectivity index (χ0) is 21.4. The molecular formula is C23H20N2O5S. The number of ether oxygens (including phenoxy) is 3. The zero-order valence-electron chi connectivity index (χ0n) is 16.7. The number of para-hydroxylation sites is 2. The molecule has 0 fully saturated rings. The number of hydrogen-bond donors (Lipinski definition) is 1. The Balaban J connectivity index is 1.61. The highest BCUT2D eigenvalue weighted by atomic mass is 32.1. The Kier molecular flexibility index (Phi) is 4.99. The third-order valence-corrected chi connectivity index (χ3v) is 6.26. The summed E-state index contributed by atoms with van der Waals surface area (Å²) >= 11 is 1.66. The fraction of sp³-hybridized carbons (Fsp3) is 0.217. The van der Waals surface area contributed by atoms with Crippen molar-refractivity contribution in [3.05, 3.63) is 76.0 Å². The smallest absolute Gasteiger partial charge is 0.341 e. The molecule has 2 unspecified atom stereocenters. The highest BCUT2D eigenvalue weighted by Crippen LogP contribution is 2.50. The maximum absolute atomic E-state index is 11.2. The number of carbonyl (C=O) groups is 1. The highest BCUT2D eigenvalue weighted by Gasteiger charge is 2.42. The van der Waals surface area contributed by atoms with Gasteiger partial charge in [-0.15, -0.1) is 11.3 Å². The van der Waals surface area contributed by atoms with E-state index in [-0.39, 0.29) is 6.04 Å². The zero-order valence-corrected chi connectivity index (χ0v) is 17.5. The number of hydrogen-bond acceptors (Lipinski definition) is 7. The van der Waals surface area contributed by atoms with E-state index in [2.05, 4.69) is 12.1 Å². The SMILES string of the molecule is COc1cccc(C2Oc3ccccc3C3CC(c4cccs4)=NN32)c1OCC(=O)O. The van der Waals surface area contributed by atoms with E-state index in [0.29, 0.717) is 17.1 Å². The lowest BCUT2D eigenvalue weighted by atomic mass is 9.97. The van der Waals surface area contributed by atoms with Crippen LogP contribution in [0, 0.1) is 0 Å². The third kappa shape index (κ3) is 3.48. The number of hydrazone groups is 1. The Hall–Kier alpha value is -3.52. The summed E-state index contributed by atoms with van der Waals surface area (Å²) in [5.74, 6) is 0.502. The first-order valence-corrected chi connectivity index (χ1v) is 10.7. The number of benzene rings is 2. The van der Waals surface area contributed by atoms with Crippen LogP contribution in [0.2, 0.25) is 0 Å². The van der Waals surface area contributed by atoms with E-state index in [0.717, 1.165) is 28.3 Å². The molecule has 0 amide bonds. The summed E-state index contributed by atoms with van der Waals surface area (Å²) in [5, 5.41) is 18.0. The molecule has 2 aromatic carbocycles. The van der Waals surface area contributed by atoms with Gasteiger partial charge in [0.05, 0.1) is 29.3 Å². The van der Waals surface area contributed by atoms with Crippen LogP contribution in [0.3, 0.4) is 0 Å². The summed E-state index contributed by atoms with van der Waals surface area (Å²) < 4.78 is 17.5. The van der Waals surface area contributed by atoms with E-state index in [1.54, 1.807) is 17.4 Å². The quantitative estimate of drug-likeness (QED) is 0.614. The third-order valence-electron chi connectivity index (χ3n) is 5.34. The fourth-order valence-electron chi connectivity index (χ4n) is 4.01. The average molecular weight is 436 g/mol. The number of carboxylic acids is 1. The van der Waals surface area contributed by atoms with E-state index in [1.807, 2.05) is 46.8 Å². The number of methoxy groups -OCH3 is 1. The normalized spacial score (nSPS) is 19.1. The molecule has 31 heavy (non-hydrogen) atoms. The monoisotopic (exact) mass is 436 g/mol. The summed E-state index contributed by atoms with van der Waals surface area (Å²) in [4.78, 5) is 12.3. The van der Waals surface area contributed by atoms with Crippen molar-refractivity contribution in [3.63, 3.8) is 0 Å². The Bertz CT molecular complexity index is 1140. The molecule has 2 aliphatic heterocycles. The number of fused-ring (bicyclic) bond motifs is 3. The van der Waals surface area contributed by atoms with Gasteiger partial charge in [0.15, 0.2) is 18.1 Å². The summed E-state index contributed by atoms with van der Waals surface area (Å²) in [5.41, 5.74) is 2.74. The molecule has 0 spiro atoms. The summed E-state index contributed by atoms with van der Waals surface area (Å²) in [6, 6.07) is 17.5. The molecule has 2 atom stereocenters. The van der Waals surface area contributed by atoms with Gasteiger partial charge in [0.2, 0.25) is 6.23 Å². The minimum absolute atomic E-state index is 0.00516. The first-order valence-electron chi connectivity index (χ1n) is 9.82. The van der Waals surface area contributed by atoms with Crippen LogP contribution in [0.5, 0.6) is 17.2 Å². The Morgan fingerprint density at radius 1 is 1.19 bits per heavy atom. The number of nitrogens with zero attached hydrogens (tertiary/aromatic N) is 2. The van der Waals surface area contributed by atoms with Gasteiger partial charge in [-0.1, -0.05) is 30.3 Å². The predicted octanol–water partition coefficient (Wildman–Crippen LogP) is 4.46. The maximum Gasteiger partial charge on any atom is 0.341 e. The van der Waals surface area contributed by atoms with Crippen molar-refractivity contribution < 1.29 is 24.1 Å². The molecule has 7 nitrogen and oxygen atoms in total. The van der Waals surface area contributed by atoms with Crippen LogP contribution in [0.1, 0.15) is 34.7 Å². The summed E-state index contributed by atoms with van der Waals surface area (Å²) in [7, 11) is 1.52. The number of rotatable bonds is 6. The van der Waals surface area contributed by atoms with Gasteiger partial charge in [-0.3, -0.25) is 0 Å². The van der Waals surface area contributed by atoms with Crippen molar-refractivity contribution in [1.29, 1.82) is 0 Å². The second-order valence-corrected chi connectivity index (χ2v) is 8.14. The lowest BCUT2D eigenvalue weighted by molar-refractivity contribution is -0.139. The molecule has 1 aromatic heterocycles. The van der Waals surface area contributed by atoms with E-state index in [9.17, 15) is 4.79 Å². The van der Waals surface area contributed by atoms with Gasteiger partial charge in [-0.05, 0) is 29.6 Å². The molecule has 3 aromatic rings. The van der Waals surface area contributed by atoms with Crippen molar-refractivity contribution in [2.24, 2.45) is 5.10 Å². The van der Waals surface area contributed by atoms with Crippen LogP contribution in [0.15, 0.2) is 65.1 Å². The van der Waals surface area contributed by atoms with Crippen molar-refractivity contribution in [2.45, 2.75) is 18.7 Å². The molecule has 2 aliphatic rings. The number of thiophene rings is 1. The van der Waals surface area contributed by atoms with Crippen LogP contribution in [-0.4, -0.2) is 35.5 Å². The first-order chi connectivity index (χ1) is 15.2. The van der Waals surface area contributed by atoms with E-state index in [1.165, 1.54) is 7.11 Å². The second-order valence-electron chi connectivity index (χ2n) is 7.19. The number of aliphatic carboxylic acids is 1. The highest BCUT2D eigenvalue weighted by molar-refractivity contribution is 7.12. The van der Waals surface area contributed by atoms with Crippen LogP contribution in [0.4, 0.5) is 0 Å². The molecule has 8 heteroatoms. The van der Waals surface area contributed by atoms with Gasteiger partial charge in [-0.25, -0.2) is 9.80 Å². The van der Waals surface area contributed by atoms with Crippen molar-refractivity contribution in [2.75, 3.05) is 13.7 Å². The Morgan fingerprint density at radius 2 is 2.03 bits per heavy atom. The largest absolute Gasteiger partial charge is 0.493 e. The molecule has 0 radical (unpaired) electrons. The standard InChI is InChI=1S/C23H20N2O5S/c1-28-19-9-4-7-15(22(19)29-13-21(26)27)23-25-17(14-6-2-3-8-18(14)30-23)12-16(24-25)20-10-5-11-31-20/h2-11,17,23H,12-13H2,1H3,(H,26,27). The molecule has 0 saturated carbocycles. The van der Waals surface area contributed by atoms with Gasteiger partial charge >= 0.3 is 5.97 Å². The molecule has 158 valence electrons. The van der Waals surface area contributed by atoms with Crippen molar-refractivity contribution >= 4 is 23.0 Å². The van der Waals surface area contributed by atoms with Crippen LogP contribution < -0.4 is 14.2 Å². The average Bonchev–Trinajstić information content (AvgIpc) is 3.47.